The average molecular weight is 583 g/mol. The minimum absolute atomic E-state index is 0.148. The molecule has 0 spiro atoms. The molecule has 1 saturated heterocycles. The van der Waals surface area contributed by atoms with Crippen molar-refractivity contribution in [2.45, 2.75) is 64.9 Å². The van der Waals surface area contributed by atoms with Gasteiger partial charge in [-0.3, -0.25) is 4.79 Å². The summed E-state index contributed by atoms with van der Waals surface area (Å²) in [5.41, 5.74) is 7.83. The molecule has 2 aromatic rings. The van der Waals surface area contributed by atoms with Crippen LogP contribution in [0, 0.1) is 3.57 Å². The normalized spacial score (nSPS) is 18.6. The number of amides is 2. The van der Waals surface area contributed by atoms with Crippen LogP contribution in [0.3, 0.4) is 0 Å². The van der Waals surface area contributed by atoms with Crippen LogP contribution in [-0.2, 0) is 27.2 Å². The largest absolute Gasteiger partial charge is 0.443 e. The van der Waals surface area contributed by atoms with E-state index in [0.29, 0.717) is 37.4 Å². The Labute approximate surface area is 212 Å². The van der Waals surface area contributed by atoms with Gasteiger partial charge in [0.1, 0.15) is 11.3 Å². The van der Waals surface area contributed by atoms with E-state index in [4.69, 9.17) is 19.9 Å². The highest BCUT2D eigenvalue weighted by Gasteiger charge is 2.35. The fourth-order valence-electron chi connectivity index (χ4n) is 4.13. The molecule has 1 unspecified atom stereocenters. The number of hydrogen-bond donors (Lipinski definition) is 1. The van der Waals surface area contributed by atoms with E-state index in [2.05, 4.69) is 32.6 Å². The molecule has 0 saturated carbocycles. The van der Waals surface area contributed by atoms with Crippen molar-refractivity contribution in [2.24, 2.45) is 0 Å². The molecule has 34 heavy (non-hydrogen) atoms. The molecule has 2 amide bonds. The van der Waals surface area contributed by atoms with Gasteiger partial charge in [-0.1, -0.05) is 0 Å². The molecule has 1 fully saturated rings. The molecule has 0 bridgehead atoms. The van der Waals surface area contributed by atoms with Crippen LogP contribution in [0.25, 0.3) is 11.4 Å². The number of nitrogen functional groups attached to an aromatic ring is 1. The number of imide groups is 1. The van der Waals surface area contributed by atoms with E-state index in [-0.39, 0.29) is 24.7 Å². The molecule has 10 nitrogen and oxygen atoms in total. The van der Waals surface area contributed by atoms with Crippen LogP contribution in [0.5, 0.6) is 0 Å². The summed E-state index contributed by atoms with van der Waals surface area (Å²) < 4.78 is 19.9. The summed E-state index contributed by atoms with van der Waals surface area (Å²) in [6, 6.07) is 1.77. The van der Waals surface area contributed by atoms with Crippen molar-refractivity contribution in [1.29, 1.82) is 0 Å². The third-order valence-electron chi connectivity index (χ3n) is 5.63. The van der Waals surface area contributed by atoms with Crippen molar-refractivity contribution in [3.63, 3.8) is 0 Å². The third kappa shape index (κ3) is 5.52. The van der Waals surface area contributed by atoms with Crippen molar-refractivity contribution in [2.75, 3.05) is 25.5 Å². The molecule has 2 aliphatic rings. The van der Waals surface area contributed by atoms with Gasteiger partial charge in [0.2, 0.25) is 5.95 Å². The molecule has 0 aromatic carbocycles. The second-order valence-electron chi connectivity index (χ2n) is 9.32. The highest BCUT2D eigenvalue weighted by Crippen LogP contribution is 2.32. The summed E-state index contributed by atoms with van der Waals surface area (Å²) in [4.78, 5) is 35.6. The Morgan fingerprint density at radius 1 is 1.35 bits per heavy atom. The molecule has 1 atom stereocenters. The van der Waals surface area contributed by atoms with Crippen LogP contribution in [0.1, 0.15) is 56.1 Å². The summed E-state index contributed by atoms with van der Waals surface area (Å²) >= 11 is 2.15. The number of anilines is 1. The van der Waals surface area contributed by atoms with Gasteiger partial charge in [-0.25, -0.2) is 19.7 Å². The van der Waals surface area contributed by atoms with Crippen molar-refractivity contribution in [3.8, 4) is 11.4 Å². The fourth-order valence-corrected chi connectivity index (χ4v) is 4.67. The van der Waals surface area contributed by atoms with Gasteiger partial charge in [0.05, 0.1) is 21.4 Å². The van der Waals surface area contributed by atoms with Crippen molar-refractivity contribution < 1.29 is 23.8 Å². The zero-order chi connectivity index (χ0) is 24.5. The number of nitrogens with zero attached hydrogens (tertiary/aromatic N) is 4. The van der Waals surface area contributed by atoms with Gasteiger partial charge >= 0.3 is 6.09 Å². The second kappa shape index (κ2) is 10.2. The molecule has 4 rings (SSSR count). The fraction of sp³-hybridized carbons (Fsp3) is 0.565. The Bertz CT molecular complexity index is 1070. The SMILES string of the molecule is CC(C)(C)OC(=O)N1CCc2c(cc(-c3nc(N)ncc3I)n2CCOC2CCCCO2)C1=O. The number of carbonyl (C=O) groups is 2. The predicted octanol–water partition coefficient (Wildman–Crippen LogP) is 3.61. The minimum Gasteiger partial charge on any atom is -0.443 e. The number of nitrogens with two attached hydrogens (primary N) is 1. The average Bonchev–Trinajstić information content (AvgIpc) is 3.14. The molecule has 0 radical (unpaired) electrons. The summed E-state index contributed by atoms with van der Waals surface area (Å²) in [7, 11) is 0. The molecule has 0 aliphatic carbocycles. The maximum absolute atomic E-state index is 13.3. The molecule has 4 heterocycles. The van der Waals surface area contributed by atoms with Crippen LogP contribution >= 0.6 is 22.6 Å². The number of rotatable bonds is 5. The lowest BCUT2D eigenvalue weighted by Crippen LogP contribution is -2.44. The number of hydrogen-bond acceptors (Lipinski definition) is 8. The van der Waals surface area contributed by atoms with Gasteiger partial charge < -0.3 is 24.5 Å². The smallest absolute Gasteiger partial charge is 0.417 e. The zero-order valence-electron chi connectivity index (χ0n) is 19.7. The maximum atomic E-state index is 13.3. The Kier molecular flexibility index (Phi) is 7.43. The highest BCUT2D eigenvalue weighted by molar-refractivity contribution is 14.1. The van der Waals surface area contributed by atoms with Gasteiger partial charge in [0.15, 0.2) is 6.29 Å². The Morgan fingerprint density at radius 3 is 2.85 bits per heavy atom. The lowest BCUT2D eigenvalue weighted by molar-refractivity contribution is -0.163. The van der Waals surface area contributed by atoms with Crippen molar-refractivity contribution in [1.82, 2.24) is 19.4 Å². The second-order valence-corrected chi connectivity index (χ2v) is 10.5. The summed E-state index contributed by atoms with van der Waals surface area (Å²) in [6.45, 7) is 7.19. The first-order valence-corrected chi connectivity index (χ1v) is 12.5. The van der Waals surface area contributed by atoms with Crippen LogP contribution in [0.2, 0.25) is 0 Å². The first-order valence-electron chi connectivity index (χ1n) is 11.4. The molecule has 11 heteroatoms. The van der Waals surface area contributed by atoms with Gasteiger partial charge in [0.25, 0.3) is 5.91 Å². The van der Waals surface area contributed by atoms with Gasteiger partial charge in [-0.2, -0.15) is 0 Å². The molecule has 2 aliphatic heterocycles. The third-order valence-corrected chi connectivity index (χ3v) is 6.42. The Hall–Kier alpha value is -2.25. The first-order chi connectivity index (χ1) is 16.1. The lowest BCUT2D eigenvalue weighted by Gasteiger charge is -2.29. The number of halogens is 1. The lowest BCUT2D eigenvalue weighted by atomic mass is 10.1. The van der Waals surface area contributed by atoms with E-state index in [0.717, 1.165) is 39.1 Å². The van der Waals surface area contributed by atoms with Crippen LogP contribution in [0.15, 0.2) is 12.3 Å². The highest BCUT2D eigenvalue weighted by atomic mass is 127. The quantitative estimate of drug-likeness (QED) is 0.530. The molecule has 2 aromatic heterocycles. The predicted molar refractivity (Wildman–Crippen MR) is 133 cm³/mol. The topological polar surface area (TPSA) is 122 Å². The van der Waals surface area contributed by atoms with E-state index >= 15 is 0 Å². The monoisotopic (exact) mass is 583 g/mol. The van der Waals surface area contributed by atoms with Gasteiger partial charge in [-0.05, 0) is 68.7 Å². The summed E-state index contributed by atoms with van der Waals surface area (Å²) in [5.74, 6) is -0.237. The molecular weight excluding hydrogens is 553 g/mol. The van der Waals surface area contributed by atoms with E-state index in [9.17, 15) is 9.59 Å². The minimum atomic E-state index is -0.693. The molecule has 2 N–H and O–H groups in total. The van der Waals surface area contributed by atoms with Crippen molar-refractivity contribution >= 4 is 40.5 Å². The molecule has 184 valence electrons. The van der Waals surface area contributed by atoms with E-state index in [1.165, 1.54) is 0 Å². The first kappa shape index (κ1) is 24.9. The van der Waals surface area contributed by atoms with Gasteiger partial charge in [-0.15, -0.1) is 0 Å². The molecular formula is C23H30IN5O5. The summed E-state index contributed by atoms with van der Waals surface area (Å²) in [6.07, 6.45) is 4.31. The van der Waals surface area contributed by atoms with Crippen LogP contribution in [-0.4, -0.2) is 63.1 Å². The number of ether oxygens (including phenoxy) is 3. The van der Waals surface area contributed by atoms with Crippen molar-refractivity contribution in [3.05, 3.63) is 27.1 Å². The van der Waals surface area contributed by atoms with E-state index < -0.39 is 11.7 Å². The Morgan fingerprint density at radius 2 is 2.15 bits per heavy atom. The van der Waals surface area contributed by atoms with Gasteiger partial charge in [0, 0.05) is 38.0 Å². The standard InChI is InChI=1S/C23H30IN5O5/c1-23(2,3)34-22(31)29-8-7-16-14(20(29)30)12-17(19-15(24)13-26-21(25)27-19)28(16)9-11-33-18-6-4-5-10-32-18/h12-13,18H,4-11H2,1-3H3,(H2,25,26,27). The Balaban J connectivity index is 1.64. The zero-order valence-corrected chi connectivity index (χ0v) is 21.8. The number of fused-ring (bicyclic) bond motifs is 1. The van der Waals surface area contributed by atoms with E-state index in [1.807, 2.05) is 4.57 Å². The number of carbonyl (C=O) groups excluding carboxylic acids is 2. The van der Waals surface area contributed by atoms with E-state index in [1.54, 1.807) is 33.0 Å². The van der Waals surface area contributed by atoms with Crippen LogP contribution < -0.4 is 5.73 Å². The maximum Gasteiger partial charge on any atom is 0.417 e. The number of aromatic nitrogens is 3. The van der Waals surface area contributed by atoms with Crippen LogP contribution in [0.4, 0.5) is 10.7 Å². The summed E-state index contributed by atoms with van der Waals surface area (Å²) in [5, 5.41) is 0.